The van der Waals surface area contributed by atoms with Gasteiger partial charge in [-0.15, -0.1) is 0 Å². The minimum atomic E-state index is -0.0637. The molecule has 1 saturated heterocycles. The van der Waals surface area contributed by atoms with Crippen molar-refractivity contribution >= 4 is 0 Å². The first kappa shape index (κ1) is 13.8. The second-order valence-electron chi connectivity index (χ2n) is 8.37. The van der Waals surface area contributed by atoms with Crippen molar-refractivity contribution in [2.75, 3.05) is 19.6 Å². The quantitative estimate of drug-likeness (QED) is 0.834. The van der Waals surface area contributed by atoms with Crippen LogP contribution in [0.25, 0.3) is 0 Å². The normalized spacial score (nSPS) is 44.7. The monoisotopic (exact) mass is 266 g/mol. The summed E-state index contributed by atoms with van der Waals surface area (Å²) in [5.74, 6) is 1.76. The lowest BCUT2D eigenvalue weighted by Crippen LogP contribution is -2.67. The number of hydrogen-bond donors (Lipinski definition) is 1. The second kappa shape index (κ2) is 4.19. The summed E-state index contributed by atoms with van der Waals surface area (Å²) in [6.45, 7) is 11.8. The van der Waals surface area contributed by atoms with E-state index in [0.29, 0.717) is 0 Å². The number of morpholine rings is 1. The van der Waals surface area contributed by atoms with Crippen LogP contribution in [0.2, 0.25) is 0 Å². The fourth-order valence-corrected chi connectivity index (χ4v) is 5.28. The van der Waals surface area contributed by atoms with Gasteiger partial charge in [0.05, 0.1) is 11.2 Å². The summed E-state index contributed by atoms with van der Waals surface area (Å²) in [4.78, 5) is 2.69. The third-order valence-electron chi connectivity index (χ3n) is 5.62. The van der Waals surface area contributed by atoms with Gasteiger partial charge in [0.2, 0.25) is 0 Å². The fourth-order valence-electron chi connectivity index (χ4n) is 5.28. The molecule has 3 rings (SSSR count). The Labute approximate surface area is 117 Å². The van der Waals surface area contributed by atoms with Crippen molar-refractivity contribution in [3.05, 3.63) is 0 Å². The van der Waals surface area contributed by atoms with Crippen molar-refractivity contribution in [2.45, 2.75) is 70.1 Å². The van der Waals surface area contributed by atoms with E-state index in [1.54, 1.807) is 0 Å². The molecule has 19 heavy (non-hydrogen) atoms. The van der Waals surface area contributed by atoms with Gasteiger partial charge in [0.15, 0.2) is 0 Å². The molecule has 3 heteroatoms. The Morgan fingerprint density at radius 1 is 1.11 bits per heavy atom. The highest BCUT2D eigenvalue weighted by atomic mass is 16.5. The molecule has 3 fully saturated rings. The summed E-state index contributed by atoms with van der Waals surface area (Å²) < 4.78 is 6.24. The zero-order chi connectivity index (χ0) is 13.9. The third kappa shape index (κ3) is 2.24. The number of nitrogens with zero attached hydrogens (tertiary/aromatic N) is 1. The molecule has 2 N–H and O–H groups in total. The molecule has 0 amide bonds. The maximum Gasteiger partial charge on any atom is 0.0761 e. The molecule has 0 spiro atoms. The lowest BCUT2D eigenvalue weighted by Gasteiger charge is -2.56. The summed E-state index contributed by atoms with van der Waals surface area (Å²) in [6.07, 6.45) is 5.55. The van der Waals surface area contributed by atoms with Crippen LogP contribution < -0.4 is 5.73 Å². The maximum absolute atomic E-state index is 6.28. The fraction of sp³-hybridized carbons (Fsp3) is 1.00. The SMILES string of the molecule is CC1(C)CN(C2(CN)CC3CCC2C3)CC(C)(C)O1. The Balaban J connectivity index is 1.87. The van der Waals surface area contributed by atoms with Gasteiger partial charge >= 0.3 is 0 Å². The van der Waals surface area contributed by atoms with Gasteiger partial charge < -0.3 is 10.5 Å². The Kier molecular flexibility index (Phi) is 3.05. The highest BCUT2D eigenvalue weighted by Crippen LogP contribution is 2.54. The largest absolute Gasteiger partial charge is 0.367 e. The molecule has 2 saturated carbocycles. The standard InChI is InChI=1S/C16H30N2O/c1-14(2)10-18(11-15(3,4)19-14)16(9-17)8-12-5-6-13(16)7-12/h12-13H,5-11,17H2,1-4H3. The van der Waals surface area contributed by atoms with Crippen LogP contribution in [-0.4, -0.2) is 41.3 Å². The molecular formula is C16H30N2O. The number of fused-ring (bicyclic) bond motifs is 2. The van der Waals surface area contributed by atoms with Crippen LogP contribution in [0.15, 0.2) is 0 Å². The van der Waals surface area contributed by atoms with Crippen LogP contribution in [0.4, 0.5) is 0 Å². The second-order valence-corrected chi connectivity index (χ2v) is 8.37. The lowest BCUT2D eigenvalue weighted by molar-refractivity contribution is -0.204. The van der Waals surface area contributed by atoms with Gasteiger partial charge in [-0.1, -0.05) is 6.42 Å². The van der Waals surface area contributed by atoms with Gasteiger partial charge in [0.25, 0.3) is 0 Å². The first-order valence-corrected chi connectivity index (χ1v) is 7.92. The molecular weight excluding hydrogens is 236 g/mol. The van der Waals surface area contributed by atoms with E-state index >= 15 is 0 Å². The van der Waals surface area contributed by atoms with Gasteiger partial charge in [-0.2, -0.15) is 0 Å². The Hall–Kier alpha value is -0.120. The topological polar surface area (TPSA) is 38.5 Å². The van der Waals surface area contributed by atoms with Crippen molar-refractivity contribution in [1.82, 2.24) is 4.90 Å². The van der Waals surface area contributed by atoms with E-state index in [-0.39, 0.29) is 16.7 Å². The number of rotatable bonds is 2. The molecule has 0 aromatic rings. The number of ether oxygens (including phenoxy) is 1. The van der Waals surface area contributed by atoms with Crippen molar-refractivity contribution in [2.24, 2.45) is 17.6 Å². The first-order chi connectivity index (χ1) is 8.76. The van der Waals surface area contributed by atoms with Crippen LogP contribution in [0.3, 0.4) is 0 Å². The van der Waals surface area contributed by atoms with E-state index in [0.717, 1.165) is 31.5 Å². The van der Waals surface area contributed by atoms with E-state index in [9.17, 15) is 0 Å². The lowest BCUT2D eigenvalue weighted by atomic mass is 9.77. The predicted molar refractivity (Wildman–Crippen MR) is 78.0 cm³/mol. The van der Waals surface area contributed by atoms with E-state index in [1.165, 1.54) is 25.7 Å². The Morgan fingerprint density at radius 3 is 2.16 bits per heavy atom. The van der Waals surface area contributed by atoms with E-state index < -0.39 is 0 Å². The molecule has 0 aromatic heterocycles. The minimum Gasteiger partial charge on any atom is -0.367 e. The predicted octanol–water partition coefficient (Wildman–Crippen LogP) is 2.39. The molecule has 110 valence electrons. The third-order valence-corrected chi connectivity index (χ3v) is 5.62. The highest BCUT2D eigenvalue weighted by Gasteiger charge is 2.56. The van der Waals surface area contributed by atoms with Crippen LogP contribution in [0.5, 0.6) is 0 Å². The minimum absolute atomic E-state index is 0.0637. The molecule has 3 atom stereocenters. The van der Waals surface area contributed by atoms with Crippen LogP contribution in [-0.2, 0) is 4.74 Å². The van der Waals surface area contributed by atoms with Gasteiger partial charge in [-0.25, -0.2) is 0 Å². The van der Waals surface area contributed by atoms with Gasteiger partial charge in [0.1, 0.15) is 0 Å². The molecule has 3 unspecified atom stereocenters. The average Bonchev–Trinajstić information content (AvgIpc) is 2.84. The molecule has 1 heterocycles. The average molecular weight is 266 g/mol. The zero-order valence-corrected chi connectivity index (χ0v) is 13.0. The summed E-state index contributed by atoms with van der Waals surface area (Å²) in [5.41, 5.74) is 6.42. The summed E-state index contributed by atoms with van der Waals surface area (Å²) in [7, 11) is 0. The molecule has 2 aliphatic carbocycles. The molecule has 2 bridgehead atoms. The summed E-state index contributed by atoms with van der Waals surface area (Å²) in [5, 5.41) is 0. The molecule has 0 aromatic carbocycles. The van der Waals surface area contributed by atoms with Gasteiger partial charge in [-0.3, -0.25) is 4.90 Å². The van der Waals surface area contributed by atoms with Gasteiger partial charge in [0, 0.05) is 25.2 Å². The molecule has 3 aliphatic rings. The molecule has 0 radical (unpaired) electrons. The van der Waals surface area contributed by atoms with Crippen molar-refractivity contribution in [3.63, 3.8) is 0 Å². The first-order valence-electron chi connectivity index (χ1n) is 7.92. The molecule has 1 aliphatic heterocycles. The van der Waals surface area contributed by atoms with Gasteiger partial charge in [-0.05, 0) is 58.8 Å². The number of nitrogens with two attached hydrogens (primary N) is 1. The van der Waals surface area contributed by atoms with Crippen LogP contribution in [0, 0.1) is 11.8 Å². The van der Waals surface area contributed by atoms with Crippen LogP contribution in [0.1, 0.15) is 53.4 Å². The van der Waals surface area contributed by atoms with Crippen molar-refractivity contribution in [3.8, 4) is 0 Å². The van der Waals surface area contributed by atoms with Crippen LogP contribution >= 0.6 is 0 Å². The maximum atomic E-state index is 6.28. The number of hydrogen-bond acceptors (Lipinski definition) is 3. The summed E-state index contributed by atoms with van der Waals surface area (Å²) >= 11 is 0. The Bertz CT molecular complexity index is 350. The zero-order valence-electron chi connectivity index (χ0n) is 13.0. The van der Waals surface area contributed by atoms with E-state index in [1.807, 2.05) is 0 Å². The smallest absolute Gasteiger partial charge is 0.0761 e. The van der Waals surface area contributed by atoms with Crippen molar-refractivity contribution in [1.29, 1.82) is 0 Å². The molecule has 3 nitrogen and oxygen atoms in total. The summed E-state index contributed by atoms with van der Waals surface area (Å²) in [6, 6.07) is 0. The highest BCUT2D eigenvalue weighted by molar-refractivity contribution is 5.10. The van der Waals surface area contributed by atoms with E-state index in [4.69, 9.17) is 10.5 Å². The van der Waals surface area contributed by atoms with E-state index in [2.05, 4.69) is 32.6 Å². The Morgan fingerprint density at radius 2 is 1.74 bits per heavy atom. The van der Waals surface area contributed by atoms with Crippen molar-refractivity contribution < 1.29 is 4.74 Å².